The van der Waals surface area contributed by atoms with E-state index in [1.54, 1.807) is 0 Å². The van der Waals surface area contributed by atoms with E-state index in [2.05, 4.69) is 10.2 Å². The van der Waals surface area contributed by atoms with Crippen LogP contribution in [0.1, 0.15) is 29.8 Å². The maximum atomic E-state index is 13.2. The van der Waals surface area contributed by atoms with Gasteiger partial charge in [-0.15, -0.1) is 0 Å². The van der Waals surface area contributed by atoms with E-state index in [-0.39, 0.29) is 5.69 Å². The fourth-order valence-corrected chi connectivity index (χ4v) is 1.86. The van der Waals surface area contributed by atoms with Crippen molar-refractivity contribution >= 4 is 0 Å². The topological polar surface area (TPSA) is 48.9 Å². The van der Waals surface area contributed by atoms with Gasteiger partial charge in [-0.25, -0.2) is 0 Å². The summed E-state index contributed by atoms with van der Waals surface area (Å²) in [4.78, 5) is 0. The number of aromatic nitrogens is 2. The molecule has 0 fully saturated rings. The van der Waals surface area contributed by atoms with Crippen molar-refractivity contribution in [2.24, 2.45) is 0 Å². The number of aliphatic hydroxyl groups is 1. The monoisotopic (exact) mass is 202 g/mol. The molecule has 1 aromatic rings. The van der Waals surface area contributed by atoms with Gasteiger partial charge in [0.2, 0.25) is 0 Å². The number of halogens is 2. The van der Waals surface area contributed by atoms with Crippen LogP contribution in [0.25, 0.3) is 0 Å². The summed E-state index contributed by atoms with van der Waals surface area (Å²) in [5.74, 6) is -3.21. The van der Waals surface area contributed by atoms with Gasteiger partial charge in [0.05, 0.1) is 0 Å². The molecule has 14 heavy (non-hydrogen) atoms. The lowest BCUT2D eigenvalue weighted by Crippen LogP contribution is -2.21. The number of hydrogen-bond acceptors (Lipinski definition) is 2. The number of fused-ring (bicyclic) bond motifs is 1. The first-order valence-corrected chi connectivity index (χ1v) is 4.70. The van der Waals surface area contributed by atoms with Gasteiger partial charge in [0.1, 0.15) is 12.3 Å². The first-order valence-electron chi connectivity index (χ1n) is 4.70. The molecule has 1 aromatic heterocycles. The fourth-order valence-electron chi connectivity index (χ4n) is 1.86. The van der Waals surface area contributed by atoms with Gasteiger partial charge in [-0.05, 0) is 25.7 Å². The molecule has 3 nitrogen and oxygen atoms in total. The van der Waals surface area contributed by atoms with E-state index in [0.29, 0.717) is 12.0 Å². The average molecular weight is 202 g/mol. The molecule has 0 radical (unpaired) electrons. The maximum absolute atomic E-state index is 13.2. The minimum Gasteiger partial charge on any atom is -0.390 e. The number of hydrogen-bond donors (Lipinski definition) is 2. The number of aryl methyl sites for hydroxylation is 1. The van der Waals surface area contributed by atoms with Gasteiger partial charge >= 0.3 is 5.92 Å². The summed E-state index contributed by atoms with van der Waals surface area (Å²) >= 11 is 0. The Morgan fingerprint density at radius 2 is 2.07 bits per heavy atom. The molecule has 2 N–H and O–H groups in total. The lowest BCUT2D eigenvalue weighted by atomic mass is 9.94. The molecule has 0 aliphatic heterocycles. The standard InChI is InChI=1S/C9H12F2N2O/c10-9(11,5-14)8-6-3-1-2-4-7(6)12-13-8/h14H,1-5H2,(H,12,13). The molecule has 1 aliphatic rings. The van der Waals surface area contributed by atoms with Crippen molar-refractivity contribution in [3.8, 4) is 0 Å². The predicted octanol–water partition coefficient (Wildman–Crippen LogP) is 1.37. The number of aromatic amines is 1. The lowest BCUT2D eigenvalue weighted by Gasteiger charge is -2.15. The van der Waals surface area contributed by atoms with Gasteiger partial charge in [-0.2, -0.15) is 13.9 Å². The predicted molar refractivity (Wildman–Crippen MR) is 46.2 cm³/mol. The Morgan fingerprint density at radius 3 is 2.79 bits per heavy atom. The third kappa shape index (κ3) is 1.41. The molecule has 78 valence electrons. The molecule has 0 bridgehead atoms. The van der Waals surface area contributed by atoms with Gasteiger partial charge in [0.25, 0.3) is 0 Å². The number of alkyl halides is 2. The van der Waals surface area contributed by atoms with Crippen LogP contribution in [0.4, 0.5) is 8.78 Å². The van der Waals surface area contributed by atoms with Crippen LogP contribution in [0.5, 0.6) is 0 Å². The number of rotatable bonds is 2. The first-order chi connectivity index (χ1) is 6.65. The highest BCUT2D eigenvalue weighted by Gasteiger charge is 2.37. The van der Waals surface area contributed by atoms with Gasteiger partial charge in [-0.3, -0.25) is 5.10 Å². The number of aliphatic hydroxyl groups excluding tert-OH is 1. The van der Waals surface area contributed by atoms with Gasteiger partial charge < -0.3 is 5.11 Å². The molecule has 0 unspecified atom stereocenters. The summed E-state index contributed by atoms with van der Waals surface area (Å²) < 4.78 is 26.3. The van der Waals surface area contributed by atoms with Crippen LogP contribution in [-0.4, -0.2) is 21.9 Å². The summed E-state index contributed by atoms with van der Waals surface area (Å²) in [6.45, 7) is -1.18. The molecule has 1 aliphatic carbocycles. The first kappa shape index (κ1) is 9.58. The average Bonchev–Trinajstić information content (AvgIpc) is 2.61. The number of nitrogens with zero attached hydrogens (tertiary/aromatic N) is 1. The molecule has 0 aromatic carbocycles. The maximum Gasteiger partial charge on any atom is 0.314 e. The van der Waals surface area contributed by atoms with E-state index >= 15 is 0 Å². The van der Waals surface area contributed by atoms with Gasteiger partial charge in [0, 0.05) is 11.3 Å². The molecule has 5 heteroatoms. The Hall–Kier alpha value is -0.970. The van der Waals surface area contributed by atoms with Crippen LogP contribution in [0.15, 0.2) is 0 Å². The van der Waals surface area contributed by atoms with Crippen LogP contribution in [0.3, 0.4) is 0 Å². The van der Waals surface area contributed by atoms with Crippen LogP contribution < -0.4 is 0 Å². The van der Waals surface area contributed by atoms with Crippen molar-refractivity contribution in [1.29, 1.82) is 0 Å². The second-order valence-corrected chi connectivity index (χ2v) is 3.60. The van der Waals surface area contributed by atoms with E-state index in [1.165, 1.54) is 0 Å². The minimum absolute atomic E-state index is 0.269. The third-order valence-electron chi connectivity index (χ3n) is 2.60. The van der Waals surface area contributed by atoms with Gasteiger partial charge in [0.15, 0.2) is 0 Å². The summed E-state index contributed by atoms with van der Waals surface area (Å²) in [6, 6.07) is 0. The molecule has 0 atom stereocenters. The smallest absolute Gasteiger partial charge is 0.314 e. The van der Waals surface area contributed by atoms with Crippen LogP contribution in [0, 0.1) is 0 Å². The zero-order chi connectivity index (χ0) is 10.2. The van der Waals surface area contributed by atoms with Crippen molar-refractivity contribution in [3.63, 3.8) is 0 Å². The lowest BCUT2D eigenvalue weighted by molar-refractivity contribution is -0.0599. The summed E-state index contributed by atoms with van der Waals surface area (Å²) in [7, 11) is 0. The normalized spacial score (nSPS) is 16.8. The van der Waals surface area contributed by atoms with Crippen molar-refractivity contribution in [3.05, 3.63) is 17.0 Å². The quantitative estimate of drug-likeness (QED) is 0.761. The Morgan fingerprint density at radius 1 is 1.36 bits per heavy atom. The summed E-state index contributed by atoms with van der Waals surface area (Å²) in [6.07, 6.45) is 3.35. The van der Waals surface area contributed by atoms with Crippen molar-refractivity contribution < 1.29 is 13.9 Å². The fraction of sp³-hybridized carbons (Fsp3) is 0.667. The van der Waals surface area contributed by atoms with Crippen LogP contribution in [-0.2, 0) is 18.8 Å². The molecule has 0 amide bonds. The Balaban J connectivity index is 2.39. The highest BCUT2D eigenvalue weighted by molar-refractivity contribution is 5.30. The highest BCUT2D eigenvalue weighted by atomic mass is 19.3. The summed E-state index contributed by atoms with van der Waals surface area (Å²) in [5.41, 5.74) is 1.14. The van der Waals surface area contributed by atoms with E-state index in [1.807, 2.05) is 0 Å². The van der Waals surface area contributed by atoms with E-state index < -0.39 is 12.5 Å². The Kier molecular flexibility index (Phi) is 2.26. The molecule has 0 saturated carbocycles. The molecule has 0 spiro atoms. The van der Waals surface area contributed by atoms with E-state index in [9.17, 15) is 8.78 Å². The van der Waals surface area contributed by atoms with E-state index in [4.69, 9.17) is 5.11 Å². The molecule has 1 heterocycles. The third-order valence-corrected chi connectivity index (χ3v) is 2.60. The second-order valence-electron chi connectivity index (χ2n) is 3.60. The molecular weight excluding hydrogens is 190 g/mol. The Labute approximate surface area is 80.1 Å². The zero-order valence-electron chi connectivity index (χ0n) is 7.69. The van der Waals surface area contributed by atoms with Crippen molar-refractivity contribution in [1.82, 2.24) is 10.2 Å². The second kappa shape index (κ2) is 3.31. The Bertz CT molecular complexity index is 336. The highest BCUT2D eigenvalue weighted by Crippen LogP contribution is 2.32. The molecule has 0 saturated heterocycles. The number of nitrogens with one attached hydrogen (secondary N) is 1. The molecule has 2 rings (SSSR count). The number of H-pyrrole nitrogens is 1. The van der Waals surface area contributed by atoms with Crippen LogP contribution in [0.2, 0.25) is 0 Å². The summed E-state index contributed by atoms with van der Waals surface area (Å²) in [5, 5.41) is 14.8. The zero-order valence-corrected chi connectivity index (χ0v) is 7.69. The molecular formula is C9H12F2N2O. The SMILES string of the molecule is OCC(F)(F)c1n[nH]c2c1CCCC2. The largest absolute Gasteiger partial charge is 0.390 e. The van der Waals surface area contributed by atoms with E-state index in [0.717, 1.165) is 25.0 Å². The van der Waals surface area contributed by atoms with Gasteiger partial charge in [-0.1, -0.05) is 0 Å². The van der Waals surface area contributed by atoms with Crippen molar-refractivity contribution in [2.45, 2.75) is 31.6 Å². The van der Waals surface area contributed by atoms with Crippen LogP contribution >= 0.6 is 0 Å². The van der Waals surface area contributed by atoms with Crippen molar-refractivity contribution in [2.75, 3.05) is 6.61 Å². The minimum atomic E-state index is -3.21.